The van der Waals surface area contributed by atoms with Crippen LogP contribution >= 0.6 is 0 Å². The number of aromatic nitrogens is 3. The summed E-state index contributed by atoms with van der Waals surface area (Å²) in [4.78, 5) is 10.7. The molecule has 2 rings (SSSR count). The van der Waals surface area contributed by atoms with Gasteiger partial charge in [-0.05, 0) is 0 Å². The zero-order valence-corrected chi connectivity index (χ0v) is 7.53. The number of nitrogens with zero attached hydrogens (tertiary/aromatic N) is 2. The minimum atomic E-state index is 0.0396. The first kappa shape index (κ1) is 8.49. The highest BCUT2D eigenvalue weighted by Crippen LogP contribution is 2.20. The Labute approximate surface area is 79.6 Å². The predicted octanol–water partition coefficient (Wildman–Crippen LogP) is 0.512. The van der Waals surface area contributed by atoms with Crippen LogP contribution in [0, 0.1) is 5.41 Å². The summed E-state index contributed by atoms with van der Waals surface area (Å²) in [5.74, 6) is 0.380. The van der Waals surface area contributed by atoms with Crippen LogP contribution in [0.1, 0.15) is 5.56 Å². The van der Waals surface area contributed by atoms with Crippen LogP contribution in [0.3, 0.4) is 0 Å². The van der Waals surface area contributed by atoms with Gasteiger partial charge in [-0.15, -0.1) is 0 Å². The molecule has 0 aliphatic heterocycles. The van der Waals surface area contributed by atoms with Gasteiger partial charge in [-0.25, -0.2) is 9.97 Å². The van der Waals surface area contributed by atoms with Gasteiger partial charge in [-0.3, -0.25) is 5.41 Å². The molecule has 2 aromatic rings. The third-order valence-corrected chi connectivity index (χ3v) is 1.95. The Kier molecular flexibility index (Phi) is 1.81. The molecule has 2 aromatic heterocycles. The fourth-order valence-electron chi connectivity index (χ4n) is 1.28. The molecule has 0 spiro atoms. The van der Waals surface area contributed by atoms with Crippen molar-refractivity contribution in [2.75, 3.05) is 12.8 Å². The van der Waals surface area contributed by atoms with Crippen molar-refractivity contribution < 1.29 is 4.74 Å². The molecule has 0 saturated carbocycles. The zero-order valence-electron chi connectivity index (χ0n) is 7.53. The fourth-order valence-corrected chi connectivity index (χ4v) is 1.28. The van der Waals surface area contributed by atoms with Crippen LogP contribution in [0.2, 0.25) is 0 Å². The minimum absolute atomic E-state index is 0.0396. The smallest absolute Gasteiger partial charge is 0.215 e. The molecular weight excluding hydrogens is 182 g/mol. The summed E-state index contributed by atoms with van der Waals surface area (Å²) in [5.41, 5.74) is 6.85. The lowest BCUT2D eigenvalue weighted by Gasteiger charge is -2.00. The van der Waals surface area contributed by atoms with Crippen LogP contribution in [-0.4, -0.2) is 28.0 Å². The molecule has 4 N–H and O–H groups in total. The van der Waals surface area contributed by atoms with E-state index < -0.39 is 0 Å². The van der Waals surface area contributed by atoms with Crippen LogP contribution in [0.25, 0.3) is 11.0 Å². The summed E-state index contributed by atoms with van der Waals surface area (Å²) in [6.07, 6.45) is 3.00. The summed E-state index contributed by atoms with van der Waals surface area (Å²) in [6, 6.07) is 0. The van der Waals surface area contributed by atoms with E-state index in [1.807, 2.05) is 0 Å². The van der Waals surface area contributed by atoms with E-state index in [9.17, 15) is 0 Å². The van der Waals surface area contributed by atoms with Crippen molar-refractivity contribution in [1.82, 2.24) is 15.0 Å². The van der Waals surface area contributed by atoms with E-state index in [-0.39, 0.29) is 5.90 Å². The molecule has 0 atom stereocenters. The molecule has 6 heteroatoms. The molecule has 0 unspecified atom stereocenters. The van der Waals surface area contributed by atoms with E-state index in [0.717, 1.165) is 0 Å². The van der Waals surface area contributed by atoms with E-state index in [1.54, 1.807) is 6.20 Å². The van der Waals surface area contributed by atoms with Gasteiger partial charge in [-0.1, -0.05) is 0 Å². The topological polar surface area (TPSA) is 101 Å². The lowest BCUT2D eigenvalue weighted by Crippen LogP contribution is -2.02. The SMILES string of the molecule is COC(=N)c1c[nH]c2ncnc(N)c12. The van der Waals surface area contributed by atoms with E-state index in [2.05, 4.69) is 15.0 Å². The number of nitrogens with one attached hydrogen (secondary N) is 2. The van der Waals surface area contributed by atoms with E-state index in [1.165, 1.54) is 13.4 Å². The lowest BCUT2D eigenvalue weighted by molar-refractivity contribution is 0.401. The Morgan fingerprint density at radius 1 is 1.57 bits per heavy atom. The molecule has 0 amide bonds. The van der Waals surface area contributed by atoms with E-state index in [4.69, 9.17) is 15.9 Å². The maximum Gasteiger partial charge on any atom is 0.215 e. The third-order valence-electron chi connectivity index (χ3n) is 1.95. The molecule has 2 heterocycles. The van der Waals surface area contributed by atoms with Crippen molar-refractivity contribution in [3.05, 3.63) is 18.1 Å². The molecular formula is C8H9N5O. The second-order valence-corrected chi connectivity index (χ2v) is 2.72. The molecule has 6 nitrogen and oxygen atoms in total. The number of rotatable bonds is 1. The minimum Gasteiger partial charge on any atom is -0.481 e. The van der Waals surface area contributed by atoms with E-state index in [0.29, 0.717) is 22.4 Å². The number of ether oxygens (including phenoxy) is 1. The van der Waals surface area contributed by atoms with Gasteiger partial charge >= 0.3 is 0 Å². The van der Waals surface area contributed by atoms with Gasteiger partial charge in [0, 0.05) is 6.20 Å². The maximum absolute atomic E-state index is 7.52. The summed E-state index contributed by atoms with van der Waals surface area (Å²) in [6.45, 7) is 0. The first-order chi connectivity index (χ1) is 6.74. The van der Waals surface area contributed by atoms with E-state index >= 15 is 0 Å². The molecule has 0 aliphatic carbocycles. The Bertz CT molecular complexity index is 489. The second kappa shape index (κ2) is 2.99. The molecule has 0 fully saturated rings. The van der Waals surface area contributed by atoms with Crippen LogP contribution in [-0.2, 0) is 4.74 Å². The standard InChI is InChI=1S/C8H9N5O/c1-14-7(10)4-2-11-8-5(4)6(9)12-3-13-8/h2-3,10H,1H3,(H3,9,11,12,13). The number of nitrogens with two attached hydrogens (primary N) is 1. The quantitative estimate of drug-likeness (QED) is 0.451. The van der Waals surface area contributed by atoms with Crippen molar-refractivity contribution in [3.8, 4) is 0 Å². The highest BCUT2D eigenvalue weighted by atomic mass is 16.5. The Morgan fingerprint density at radius 3 is 3.07 bits per heavy atom. The number of methoxy groups -OCH3 is 1. The van der Waals surface area contributed by atoms with Gasteiger partial charge in [0.25, 0.3) is 0 Å². The number of aromatic amines is 1. The first-order valence-corrected chi connectivity index (χ1v) is 3.94. The summed E-state index contributed by atoms with van der Waals surface area (Å²) >= 11 is 0. The maximum atomic E-state index is 7.52. The van der Waals surface area contributed by atoms with Crippen molar-refractivity contribution >= 4 is 22.7 Å². The van der Waals surface area contributed by atoms with Gasteiger partial charge in [0.15, 0.2) is 0 Å². The molecule has 0 radical (unpaired) electrons. The van der Waals surface area contributed by atoms with Crippen molar-refractivity contribution in [1.29, 1.82) is 5.41 Å². The van der Waals surface area contributed by atoms with Crippen LogP contribution in [0.5, 0.6) is 0 Å². The van der Waals surface area contributed by atoms with Crippen molar-refractivity contribution in [3.63, 3.8) is 0 Å². The van der Waals surface area contributed by atoms with Gasteiger partial charge in [0.05, 0.1) is 18.1 Å². The van der Waals surface area contributed by atoms with Gasteiger partial charge < -0.3 is 15.5 Å². The molecule has 0 aliphatic rings. The van der Waals surface area contributed by atoms with Gasteiger partial charge in [0.1, 0.15) is 17.8 Å². The number of anilines is 1. The number of hydrogen-bond donors (Lipinski definition) is 3. The van der Waals surface area contributed by atoms with Crippen LogP contribution < -0.4 is 5.73 Å². The van der Waals surface area contributed by atoms with Gasteiger partial charge in [0.2, 0.25) is 5.90 Å². The summed E-state index contributed by atoms with van der Waals surface area (Å²) < 4.78 is 4.81. The molecule has 0 aromatic carbocycles. The Morgan fingerprint density at radius 2 is 2.36 bits per heavy atom. The number of hydrogen-bond acceptors (Lipinski definition) is 5. The molecule has 0 bridgehead atoms. The summed E-state index contributed by atoms with van der Waals surface area (Å²) in [7, 11) is 1.43. The monoisotopic (exact) mass is 191 g/mol. The predicted molar refractivity (Wildman–Crippen MR) is 52.1 cm³/mol. The highest BCUT2D eigenvalue weighted by Gasteiger charge is 2.12. The number of H-pyrrole nitrogens is 1. The van der Waals surface area contributed by atoms with Crippen LogP contribution in [0.4, 0.5) is 5.82 Å². The van der Waals surface area contributed by atoms with Crippen molar-refractivity contribution in [2.45, 2.75) is 0 Å². The largest absolute Gasteiger partial charge is 0.481 e. The Balaban J connectivity index is 2.73. The average Bonchev–Trinajstić information content (AvgIpc) is 2.62. The summed E-state index contributed by atoms with van der Waals surface area (Å²) in [5, 5.41) is 8.14. The molecule has 14 heavy (non-hydrogen) atoms. The van der Waals surface area contributed by atoms with Gasteiger partial charge in [-0.2, -0.15) is 0 Å². The normalized spacial score (nSPS) is 10.4. The average molecular weight is 191 g/mol. The first-order valence-electron chi connectivity index (χ1n) is 3.94. The third kappa shape index (κ3) is 1.08. The second-order valence-electron chi connectivity index (χ2n) is 2.72. The number of nitrogen functional groups attached to an aromatic ring is 1. The molecule has 72 valence electrons. The highest BCUT2D eigenvalue weighted by molar-refractivity contribution is 6.07. The lowest BCUT2D eigenvalue weighted by atomic mass is 10.2. The fraction of sp³-hybridized carbons (Fsp3) is 0.125. The zero-order chi connectivity index (χ0) is 10.1. The number of fused-ring (bicyclic) bond motifs is 1. The van der Waals surface area contributed by atoms with Crippen LogP contribution in [0.15, 0.2) is 12.5 Å². The van der Waals surface area contributed by atoms with Crippen molar-refractivity contribution in [2.24, 2.45) is 0 Å². The molecule has 0 saturated heterocycles. The Hall–Kier alpha value is -2.11.